The fourth-order valence-electron chi connectivity index (χ4n) is 2.89. The number of benzene rings is 3. The first-order valence-electron chi connectivity index (χ1n) is 9.26. The van der Waals surface area contributed by atoms with E-state index in [9.17, 15) is 26.4 Å². The van der Waals surface area contributed by atoms with Crippen molar-refractivity contribution in [2.24, 2.45) is 0 Å². The Bertz CT molecular complexity index is 1290. The number of sulfonamides is 1. The van der Waals surface area contributed by atoms with E-state index in [4.69, 9.17) is 11.6 Å². The fourth-order valence-corrected chi connectivity index (χ4v) is 4.54. The molecule has 0 fully saturated rings. The zero-order chi connectivity index (χ0) is 23.7. The van der Waals surface area contributed by atoms with Crippen molar-refractivity contribution in [3.05, 3.63) is 87.9 Å². The molecule has 3 aromatic rings. The Balaban J connectivity index is 1.90. The van der Waals surface area contributed by atoms with Gasteiger partial charge in [-0.25, -0.2) is 8.42 Å². The molecule has 5 nitrogen and oxygen atoms in total. The normalized spacial score (nSPS) is 11.8. The smallest absolute Gasteiger partial charge is 0.322 e. The van der Waals surface area contributed by atoms with Crippen LogP contribution >= 0.6 is 11.6 Å². The molecule has 0 saturated heterocycles. The Morgan fingerprint density at radius 1 is 0.969 bits per heavy atom. The number of carbonyl (C=O) groups is 1. The third kappa shape index (κ3) is 5.23. The highest BCUT2D eigenvalue weighted by Crippen LogP contribution is 2.31. The minimum Gasteiger partial charge on any atom is -0.322 e. The molecule has 10 heteroatoms. The van der Waals surface area contributed by atoms with Gasteiger partial charge in [0.1, 0.15) is 4.90 Å². The van der Waals surface area contributed by atoms with Gasteiger partial charge in [0.05, 0.1) is 16.3 Å². The standard InChI is InChI=1S/C22H18ClF3N2O3S/c1-13-5-3-8-19(14(13)2)28-32(30,31)20-11-15(9-10-18(20)23)21(29)27-17-7-4-6-16(12-17)22(24,25)26/h3-12,28H,1-2H3,(H,27,29). The van der Waals surface area contributed by atoms with Crippen LogP contribution in [0.2, 0.25) is 5.02 Å². The van der Waals surface area contributed by atoms with Gasteiger partial charge in [-0.1, -0.05) is 29.8 Å². The molecule has 32 heavy (non-hydrogen) atoms. The van der Waals surface area contributed by atoms with Crippen molar-refractivity contribution in [2.75, 3.05) is 10.0 Å². The Hall–Kier alpha value is -3.04. The van der Waals surface area contributed by atoms with Crippen LogP contribution in [-0.4, -0.2) is 14.3 Å². The quantitative estimate of drug-likeness (QED) is 0.466. The van der Waals surface area contributed by atoms with E-state index in [2.05, 4.69) is 10.0 Å². The van der Waals surface area contributed by atoms with Crippen LogP contribution in [0.25, 0.3) is 0 Å². The zero-order valence-electron chi connectivity index (χ0n) is 16.9. The predicted octanol–water partition coefficient (Wildman–Crippen LogP) is 6.03. The molecule has 0 heterocycles. The third-order valence-corrected chi connectivity index (χ3v) is 6.63. The SMILES string of the molecule is Cc1cccc(NS(=O)(=O)c2cc(C(=O)Nc3cccc(C(F)(F)F)c3)ccc2Cl)c1C. The van der Waals surface area contributed by atoms with Crippen LogP contribution in [0.4, 0.5) is 24.5 Å². The number of aryl methyl sites for hydroxylation is 1. The van der Waals surface area contributed by atoms with E-state index < -0.39 is 27.7 Å². The second kappa shape index (κ2) is 8.84. The lowest BCUT2D eigenvalue weighted by molar-refractivity contribution is -0.137. The molecule has 0 saturated carbocycles. The molecule has 168 valence electrons. The second-order valence-electron chi connectivity index (χ2n) is 7.03. The highest BCUT2D eigenvalue weighted by Gasteiger charge is 2.30. The summed E-state index contributed by atoms with van der Waals surface area (Å²) in [4.78, 5) is 12.2. The maximum Gasteiger partial charge on any atom is 0.416 e. The number of anilines is 2. The summed E-state index contributed by atoms with van der Waals surface area (Å²) in [6.45, 7) is 3.59. The Morgan fingerprint density at radius 2 is 1.66 bits per heavy atom. The molecule has 0 aliphatic rings. The molecule has 3 rings (SSSR count). The summed E-state index contributed by atoms with van der Waals surface area (Å²) in [5.74, 6) is -0.788. The largest absolute Gasteiger partial charge is 0.416 e. The van der Waals surface area contributed by atoms with E-state index in [-0.39, 0.29) is 21.2 Å². The van der Waals surface area contributed by atoms with Crippen molar-refractivity contribution in [3.8, 4) is 0 Å². The van der Waals surface area contributed by atoms with Gasteiger partial charge in [-0.3, -0.25) is 9.52 Å². The Morgan fingerprint density at radius 3 is 2.34 bits per heavy atom. The fraction of sp³-hybridized carbons (Fsp3) is 0.136. The zero-order valence-corrected chi connectivity index (χ0v) is 18.5. The molecular formula is C22H18ClF3N2O3S. The number of nitrogens with one attached hydrogen (secondary N) is 2. The molecule has 0 aromatic heterocycles. The maximum absolute atomic E-state index is 12.9. The number of amides is 1. The van der Waals surface area contributed by atoms with Gasteiger partial charge in [-0.05, 0) is 67.4 Å². The highest BCUT2D eigenvalue weighted by atomic mass is 35.5. The molecule has 3 aromatic carbocycles. The second-order valence-corrected chi connectivity index (χ2v) is 9.09. The molecule has 0 aliphatic heterocycles. The first kappa shape index (κ1) is 23.6. The molecule has 1 amide bonds. The molecular weight excluding hydrogens is 465 g/mol. The van der Waals surface area contributed by atoms with Gasteiger partial charge in [-0.2, -0.15) is 13.2 Å². The molecule has 0 bridgehead atoms. The van der Waals surface area contributed by atoms with Crippen LogP contribution in [0, 0.1) is 13.8 Å². The summed E-state index contributed by atoms with van der Waals surface area (Å²) in [5.41, 5.74) is 0.870. The van der Waals surface area contributed by atoms with Crippen molar-refractivity contribution in [2.45, 2.75) is 24.9 Å². The molecule has 0 atom stereocenters. The third-order valence-electron chi connectivity index (χ3n) is 4.78. The van der Waals surface area contributed by atoms with Gasteiger partial charge >= 0.3 is 6.18 Å². The molecule has 2 N–H and O–H groups in total. The van der Waals surface area contributed by atoms with Crippen molar-refractivity contribution < 1.29 is 26.4 Å². The van der Waals surface area contributed by atoms with E-state index in [1.165, 1.54) is 18.2 Å². The molecule has 0 unspecified atom stereocenters. The van der Waals surface area contributed by atoms with Crippen LogP contribution in [0.5, 0.6) is 0 Å². The first-order valence-corrected chi connectivity index (χ1v) is 11.1. The summed E-state index contributed by atoms with van der Waals surface area (Å²) in [6, 6.07) is 12.8. The Kier molecular flexibility index (Phi) is 6.52. The van der Waals surface area contributed by atoms with E-state index in [0.29, 0.717) is 5.69 Å². The monoisotopic (exact) mass is 482 g/mol. The van der Waals surface area contributed by atoms with Crippen molar-refractivity contribution in [1.82, 2.24) is 0 Å². The van der Waals surface area contributed by atoms with E-state index >= 15 is 0 Å². The van der Waals surface area contributed by atoms with Crippen LogP contribution < -0.4 is 10.0 Å². The van der Waals surface area contributed by atoms with Gasteiger partial charge in [-0.15, -0.1) is 0 Å². The van der Waals surface area contributed by atoms with Crippen LogP contribution in [-0.2, 0) is 16.2 Å². The van der Waals surface area contributed by atoms with Gasteiger partial charge in [0.15, 0.2) is 0 Å². The summed E-state index contributed by atoms with van der Waals surface area (Å²) in [6.07, 6.45) is -4.57. The average Bonchev–Trinajstić information content (AvgIpc) is 2.71. The number of alkyl halides is 3. The lowest BCUT2D eigenvalue weighted by Crippen LogP contribution is -2.17. The van der Waals surface area contributed by atoms with Gasteiger partial charge in [0.2, 0.25) is 0 Å². The summed E-state index contributed by atoms with van der Waals surface area (Å²) in [5, 5.41) is 2.23. The van der Waals surface area contributed by atoms with E-state index in [0.717, 1.165) is 35.4 Å². The number of carbonyl (C=O) groups excluding carboxylic acids is 1. The van der Waals surface area contributed by atoms with Crippen molar-refractivity contribution in [1.29, 1.82) is 0 Å². The van der Waals surface area contributed by atoms with Gasteiger partial charge in [0.25, 0.3) is 15.9 Å². The highest BCUT2D eigenvalue weighted by molar-refractivity contribution is 7.92. The van der Waals surface area contributed by atoms with Crippen molar-refractivity contribution in [3.63, 3.8) is 0 Å². The van der Waals surface area contributed by atoms with Gasteiger partial charge < -0.3 is 5.32 Å². The summed E-state index contributed by atoms with van der Waals surface area (Å²) >= 11 is 6.08. The van der Waals surface area contributed by atoms with Crippen LogP contribution in [0.1, 0.15) is 27.0 Å². The van der Waals surface area contributed by atoms with Crippen LogP contribution in [0.15, 0.2) is 65.6 Å². The number of halogens is 4. The van der Waals surface area contributed by atoms with Crippen molar-refractivity contribution >= 4 is 38.9 Å². The molecule has 0 aliphatic carbocycles. The minimum atomic E-state index is -4.57. The van der Waals surface area contributed by atoms with E-state index in [1.807, 2.05) is 13.0 Å². The molecule has 0 spiro atoms. The predicted molar refractivity (Wildman–Crippen MR) is 118 cm³/mol. The minimum absolute atomic E-state index is 0.0855. The topological polar surface area (TPSA) is 75.3 Å². The average molecular weight is 483 g/mol. The Labute approximate surface area is 188 Å². The van der Waals surface area contributed by atoms with E-state index in [1.54, 1.807) is 19.1 Å². The first-order chi connectivity index (χ1) is 14.9. The number of hydrogen-bond acceptors (Lipinski definition) is 3. The molecule has 0 radical (unpaired) electrons. The summed E-state index contributed by atoms with van der Waals surface area (Å²) < 4.78 is 67.0. The number of rotatable bonds is 5. The lowest BCUT2D eigenvalue weighted by atomic mass is 10.1. The lowest BCUT2D eigenvalue weighted by Gasteiger charge is -2.14. The van der Waals surface area contributed by atoms with Gasteiger partial charge in [0, 0.05) is 11.3 Å². The number of hydrogen-bond donors (Lipinski definition) is 2. The summed E-state index contributed by atoms with van der Waals surface area (Å²) in [7, 11) is -4.15. The maximum atomic E-state index is 12.9. The van der Waals surface area contributed by atoms with Crippen LogP contribution in [0.3, 0.4) is 0 Å².